The quantitative estimate of drug-likeness (QED) is 0.775. The third-order valence-corrected chi connectivity index (χ3v) is 3.65. The van der Waals surface area contributed by atoms with Gasteiger partial charge in [-0.25, -0.2) is 4.79 Å². The molecule has 0 fully saturated rings. The minimum atomic E-state index is -0.255. The third kappa shape index (κ3) is 3.78. The van der Waals surface area contributed by atoms with Crippen molar-refractivity contribution in [2.24, 2.45) is 7.05 Å². The molecule has 122 valence electrons. The Bertz CT molecular complexity index is 824. The first kappa shape index (κ1) is 15.7. The van der Waals surface area contributed by atoms with Gasteiger partial charge in [0.05, 0.1) is 17.9 Å². The number of urea groups is 1. The lowest BCUT2D eigenvalue weighted by Gasteiger charge is -2.06. The number of aromatic nitrogens is 3. The Kier molecular flexibility index (Phi) is 4.56. The number of hydrogen-bond donors (Lipinski definition) is 2. The maximum atomic E-state index is 12.0. The number of carbonyl (C=O) groups excluding carboxylic acids is 1. The highest BCUT2D eigenvalue weighted by molar-refractivity contribution is 5.89. The number of anilines is 1. The monoisotopic (exact) mass is 321 g/mol. The maximum absolute atomic E-state index is 12.0. The van der Waals surface area contributed by atoms with Gasteiger partial charge < -0.3 is 10.6 Å². The molecule has 0 saturated heterocycles. The van der Waals surface area contributed by atoms with E-state index in [1.165, 1.54) is 0 Å². The number of hydrogen-bond acceptors (Lipinski definition) is 3. The topological polar surface area (TPSA) is 71.8 Å². The normalized spacial score (nSPS) is 10.4. The Morgan fingerprint density at radius 2 is 1.83 bits per heavy atom. The van der Waals surface area contributed by atoms with Crippen molar-refractivity contribution >= 4 is 11.7 Å². The van der Waals surface area contributed by atoms with Gasteiger partial charge in [0.2, 0.25) is 0 Å². The predicted octanol–water partition coefficient (Wildman–Crippen LogP) is 3.11. The van der Waals surface area contributed by atoms with E-state index in [1.54, 1.807) is 17.1 Å². The summed E-state index contributed by atoms with van der Waals surface area (Å²) >= 11 is 0. The molecule has 1 aromatic carbocycles. The molecule has 0 aliphatic rings. The third-order valence-electron chi connectivity index (χ3n) is 3.65. The van der Waals surface area contributed by atoms with Gasteiger partial charge in [-0.3, -0.25) is 9.67 Å². The van der Waals surface area contributed by atoms with Gasteiger partial charge in [-0.2, -0.15) is 5.10 Å². The van der Waals surface area contributed by atoms with Crippen LogP contribution in [0.1, 0.15) is 11.3 Å². The number of nitrogens with one attached hydrogen (secondary N) is 2. The molecule has 0 radical (unpaired) electrons. The Labute approximate surface area is 140 Å². The van der Waals surface area contributed by atoms with Crippen LogP contribution in [0.3, 0.4) is 0 Å². The number of aryl methyl sites for hydroxylation is 2. The second-order valence-electron chi connectivity index (χ2n) is 5.55. The van der Waals surface area contributed by atoms with Crippen LogP contribution in [0, 0.1) is 6.92 Å². The first-order valence-electron chi connectivity index (χ1n) is 7.66. The number of carbonyl (C=O) groups is 1. The van der Waals surface area contributed by atoms with Crippen LogP contribution in [0.2, 0.25) is 0 Å². The van der Waals surface area contributed by atoms with Crippen LogP contribution in [0.5, 0.6) is 0 Å². The van der Waals surface area contributed by atoms with E-state index in [9.17, 15) is 4.79 Å². The van der Waals surface area contributed by atoms with Crippen molar-refractivity contribution in [1.82, 2.24) is 20.1 Å². The first-order valence-corrected chi connectivity index (χ1v) is 7.66. The molecule has 6 nitrogen and oxygen atoms in total. The summed E-state index contributed by atoms with van der Waals surface area (Å²) in [5.41, 5.74) is 4.72. The summed E-state index contributed by atoms with van der Waals surface area (Å²) in [5.74, 6) is 0. The van der Waals surface area contributed by atoms with E-state index in [1.807, 2.05) is 56.4 Å². The Morgan fingerprint density at radius 3 is 2.54 bits per heavy atom. The lowest BCUT2D eigenvalue weighted by molar-refractivity contribution is 0.251. The highest BCUT2D eigenvalue weighted by atomic mass is 16.2. The van der Waals surface area contributed by atoms with E-state index in [2.05, 4.69) is 20.7 Å². The highest BCUT2D eigenvalue weighted by Crippen LogP contribution is 2.18. The fraction of sp³-hybridized carbons (Fsp3) is 0.167. The van der Waals surface area contributed by atoms with E-state index >= 15 is 0 Å². The molecule has 24 heavy (non-hydrogen) atoms. The molecule has 3 aromatic rings. The van der Waals surface area contributed by atoms with E-state index in [-0.39, 0.29) is 6.03 Å². The number of nitrogens with zero attached hydrogens (tertiary/aromatic N) is 3. The molecule has 6 heteroatoms. The number of pyridine rings is 1. The molecule has 2 amide bonds. The first-order chi connectivity index (χ1) is 11.6. The van der Waals surface area contributed by atoms with Gasteiger partial charge in [0.15, 0.2) is 0 Å². The van der Waals surface area contributed by atoms with E-state index < -0.39 is 0 Å². The Hall–Kier alpha value is -3.15. The molecule has 3 rings (SSSR count). The van der Waals surface area contributed by atoms with E-state index in [4.69, 9.17) is 0 Å². The molecular weight excluding hydrogens is 302 g/mol. The van der Waals surface area contributed by atoms with Crippen LogP contribution in [0.25, 0.3) is 11.3 Å². The summed E-state index contributed by atoms with van der Waals surface area (Å²) in [5, 5.41) is 10.0. The van der Waals surface area contributed by atoms with Crippen LogP contribution in [0.15, 0.2) is 54.9 Å². The van der Waals surface area contributed by atoms with Gasteiger partial charge in [0, 0.05) is 30.7 Å². The van der Waals surface area contributed by atoms with Gasteiger partial charge in [0.25, 0.3) is 0 Å². The van der Waals surface area contributed by atoms with Crippen molar-refractivity contribution < 1.29 is 4.79 Å². The second kappa shape index (κ2) is 6.95. The lowest BCUT2D eigenvalue weighted by Crippen LogP contribution is -2.28. The molecule has 0 saturated carbocycles. The van der Waals surface area contributed by atoms with Crippen molar-refractivity contribution in [3.05, 3.63) is 66.1 Å². The van der Waals surface area contributed by atoms with Crippen molar-refractivity contribution in [2.45, 2.75) is 13.5 Å². The molecule has 0 bridgehead atoms. The summed E-state index contributed by atoms with van der Waals surface area (Å²) < 4.78 is 1.80. The maximum Gasteiger partial charge on any atom is 0.319 e. The van der Waals surface area contributed by atoms with Crippen LogP contribution in [-0.4, -0.2) is 20.8 Å². The van der Waals surface area contributed by atoms with Crippen LogP contribution in [-0.2, 0) is 13.6 Å². The summed E-state index contributed by atoms with van der Waals surface area (Å²) in [6.07, 6.45) is 3.49. The second-order valence-corrected chi connectivity index (χ2v) is 5.55. The van der Waals surface area contributed by atoms with Gasteiger partial charge in [-0.05, 0) is 37.3 Å². The van der Waals surface area contributed by atoms with Crippen LogP contribution < -0.4 is 10.6 Å². The number of rotatable bonds is 4. The zero-order chi connectivity index (χ0) is 16.9. The van der Waals surface area contributed by atoms with Gasteiger partial charge in [-0.15, -0.1) is 0 Å². The molecule has 0 aliphatic carbocycles. The van der Waals surface area contributed by atoms with Crippen molar-refractivity contribution in [2.75, 3.05) is 5.32 Å². The summed E-state index contributed by atoms with van der Waals surface area (Å²) in [4.78, 5) is 16.0. The summed E-state index contributed by atoms with van der Waals surface area (Å²) in [6.45, 7) is 2.36. The predicted molar refractivity (Wildman–Crippen MR) is 93.5 cm³/mol. The minimum Gasteiger partial charge on any atom is -0.332 e. The largest absolute Gasteiger partial charge is 0.332 e. The number of benzene rings is 1. The molecule has 0 unspecified atom stereocenters. The fourth-order valence-corrected chi connectivity index (χ4v) is 2.39. The molecular formula is C18H19N5O. The average Bonchev–Trinajstić information content (AvgIpc) is 2.97. The summed E-state index contributed by atoms with van der Waals surface area (Å²) in [7, 11) is 1.88. The zero-order valence-corrected chi connectivity index (χ0v) is 13.7. The van der Waals surface area contributed by atoms with Gasteiger partial charge >= 0.3 is 6.03 Å². The minimum absolute atomic E-state index is 0.255. The van der Waals surface area contributed by atoms with E-state index in [0.717, 1.165) is 28.2 Å². The molecule has 2 heterocycles. The zero-order valence-electron chi connectivity index (χ0n) is 13.7. The number of amides is 2. The van der Waals surface area contributed by atoms with Gasteiger partial charge in [0.1, 0.15) is 0 Å². The van der Waals surface area contributed by atoms with Crippen molar-refractivity contribution in [1.29, 1.82) is 0 Å². The molecule has 0 aliphatic heterocycles. The summed E-state index contributed by atoms with van der Waals surface area (Å²) in [6, 6.07) is 13.2. The van der Waals surface area contributed by atoms with Gasteiger partial charge in [-0.1, -0.05) is 17.7 Å². The molecule has 0 atom stereocenters. The van der Waals surface area contributed by atoms with E-state index in [0.29, 0.717) is 6.54 Å². The highest BCUT2D eigenvalue weighted by Gasteiger charge is 2.08. The SMILES string of the molecule is Cc1ccc(NC(=O)NCc2cc(-c3ccncc3)n(C)n2)cc1. The van der Waals surface area contributed by atoms with Crippen LogP contribution in [0.4, 0.5) is 10.5 Å². The Balaban J connectivity index is 1.61. The average molecular weight is 321 g/mol. The van der Waals surface area contributed by atoms with Crippen molar-refractivity contribution in [3.8, 4) is 11.3 Å². The standard InChI is InChI=1S/C18H19N5O/c1-13-3-5-15(6-4-13)21-18(24)20-12-16-11-17(23(2)22-16)14-7-9-19-10-8-14/h3-11H,12H2,1-2H3,(H2,20,21,24). The molecule has 0 spiro atoms. The smallest absolute Gasteiger partial charge is 0.319 e. The molecule has 2 aromatic heterocycles. The molecule has 2 N–H and O–H groups in total. The Morgan fingerprint density at radius 1 is 1.12 bits per heavy atom. The van der Waals surface area contributed by atoms with Crippen molar-refractivity contribution in [3.63, 3.8) is 0 Å². The lowest BCUT2D eigenvalue weighted by atomic mass is 10.2. The fourth-order valence-electron chi connectivity index (χ4n) is 2.39. The van der Waals surface area contributed by atoms with Crippen LogP contribution >= 0.6 is 0 Å².